The maximum Gasteiger partial charge on any atom is 0.417 e. The predicted octanol–water partition coefficient (Wildman–Crippen LogP) is 3.44. The van der Waals surface area contributed by atoms with Crippen molar-refractivity contribution in [1.82, 2.24) is 14.8 Å². The van der Waals surface area contributed by atoms with Crippen molar-refractivity contribution >= 4 is 11.6 Å². The van der Waals surface area contributed by atoms with Crippen LogP contribution in [-0.4, -0.2) is 14.8 Å². The monoisotopic (exact) mass is 274 g/mol. The Hall–Kier alpha value is -1.56. The second-order valence-corrected chi connectivity index (χ2v) is 3.98. The number of halogens is 4. The van der Waals surface area contributed by atoms with Gasteiger partial charge in [0.15, 0.2) is 12.2 Å². The molecule has 1 aromatic heterocycles. The molecule has 0 aliphatic rings. The van der Waals surface area contributed by atoms with E-state index >= 15 is 0 Å². The van der Waals surface area contributed by atoms with Gasteiger partial charge in [-0.05, 0) is 25.1 Å². The summed E-state index contributed by atoms with van der Waals surface area (Å²) >= 11 is 5.59. The molecule has 0 fully saturated rings. The summed E-state index contributed by atoms with van der Waals surface area (Å²) < 4.78 is 40.0. The zero-order valence-corrected chi connectivity index (χ0v) is 10.0. The average molecular weight is 275 g/mol. The fraction of sp³-hybridized carbons (Fsp3) is 0.273. The molecule has 1 heterocycles. The molecule has 0 atom stereocenters. The van der Waals surface area contributed by atoms with Gasteiger partial charge < -0.3 is 0 Å². The van der Waals surface area contributed by atoms with E-state index in [2.05, 4.69) is 16.4 Å². The third kappa shape index (κ3) is 2.48. The molecule has 7 heteroatoms. The Bertz CT molecular complexity index is 563. The quantitative estimate of drug-likeness (QED) is 0.840. The Kier molecular flexibility index (Phi) is 3.30. The van der Waals surface area contributed by atoms with Gasteiger partial charge in [0.1, 0.15) is 0 Å². The second kappa shape index (κ2) is 4.61. The number of rotatable bonds is 2. The lowest BCUT2D eigenvalue weighted by atomic mass is 10.1. The van der Waals surface area contributed by atoms with Crippen LogP contribution in [0.15, 0.2) is 18.2 Å². The first-order valence-electron chi connectivity index (χ1n) is 5.11. The summed E-state index contributed by atoms with van der Waals surface area (Å²) in [5.41, 5.74) is -0.951. The van der Waals surface area contributed by atoms with Crippen LogP contribution in [0.4, 0.5) is 13.2 Å². The van der Waals surface area contributed by atoms with Gasteiger partial charge in [-0.25, -0.2) is 9.67 Å². The fourth-order valence-electron chi connectivity index (χ4n) is 1.47. The Morgan fingerprint density at radius 1 is 1.39 bits per heavy atom. The van der Waals surface area contributed by atoms with Gasteiger partial charge in [0.25, 0.3) is 0 Å². The molecule has 0 aliphatic heterocycles. The van der Waals surface area contributed by atoms with Crippen molar-refractivity contribution in [3.63, 3.8) is 0 Å². The SMILES string of the molecule is CCn1[c]nc(-c2ccc(Cl)cc2C(F)(F)F)n1. The highest BCUT2D eigenvalue weighted by Gasteiger charge is 2.34. The molecule has 18 heavy (non-hydrogen) atoms. The first kappa shape index (κ1) is 12.9. The lowest BCUT2D eigenvalue weighted by Gasteiger charge is -2.10. The van der Waals surface area contributed by atoms with Crippen LogP contribution < -0.4 is 0 Å². The summed E-state index contributed by atoms with van der Waals surface area (Å²) in [7, 11) is 0. The van der Waals surface area contributed by atoms with Crippen molar-refractivity contribution in [2.24, 2.45) is 0 Å². The molecule has 1 aromatic carbocycles. The molecule has 1 radical (unpaired) electrons. The van der Waals surface area contributed by atoms with Gasteiger partial charge in [-0.15, -0.1) is 0 Å². The van der Waals surface area contributed by atoms with Crippen LogP contribution in [0.1, 0.15) is 12.5 Å². The van der Waals surface area contributed by atoms with E-state index < -0.39 is 11.7 Å². The molecule has 0 bridgehead atoms. The van der Waals surface area contributed by atoms with Crippen LogP contribution >= 0.6 is 11.6 Å². The summed E-state index contributed by atoms with van der Waals surface area (Å²) in [6.07, 6.45) is -2.00. The summed E-state index contributed by atoms with van der Waals surface area (Å²) in [6, 6.07) is 3.50. The van der Waals surface area contributed by atoms with Crippen LogP contribution in [-0.2, 0) is 12.7 Å². The number of aryl methyl sites for hydroxylation is 1. The molecule has 0 N–H and O–H groups in total. The molecule has 3 nitrogen and oxygen atoms in total. The van der Waals surface area contributed by atoms with Gasteiger partial charge in [0, 0.05) is 17.1 Å². The molecule has 0 spiro atoms. The fourth-order valence-corrected chi connectivity index (χ4v) is 1.64. The molecule has 2 rings (SSSR count). The number of alkyl halides is 3. The van der Waals surface area contributed by atoms with E-state index in [1.54, 1.807) is 6.92 Å². The standard InChI is InChI=1S/C11H8ClF3N3/c1-2-18-6-16-10(17-18)8-4-3-7(12)5-9(8)11(13,14)15/h3-5H,2H2,1H3. The van der Waals surface area contributed by atoms with Crippen molar-refractivity contribution in [3.8, 4) is 11.4 Å². The smallest absolute Gasteiger partial charge is 0.243 e. The minimum atomic E-state index is -4.50. The van der Waals surface area contributed by atoms with Gasteiger partial charge in [-0.3, -0.25) is 0 Å². The van der Waals surface area contributed by atoms with E-state index in [1.807, 2.05) is 0 Å². The van der Waals surface area contributed by atoms with Crippen molar-refractivity contribution in [1.29, 1.82) is 0 Å². The number of nitrogens with zero attached hydrogens (tertiary/aromatic N) is 3. The molecule has 0 saturated heterocycles. The van der Waals surface area contributed by atoms with E-state index in [1.165, 1.54) is 16.8 Å². The Morgan fingerprint density at radius 3 is 2.67 bits per heavy atom. The largest absolute Gasteiger partial charge is 0.417 e. The lowest BCUT2D eigenvalue weighted by Crippen LogP contribution is -2.08. The van der Waals surface area contributed by atoms with Crippen LogP contribution in [0.5, 0.6) is 0 Å². The Morgan fingerprint density at radius 2 is 2.11 bits per heavy atom. The van der Waals surface area contributed by atoms with Crippen molar-refractivity contribution < 1.29 is 13.2 Å². The zero-order chi connectivity index (χ0) is 13.3. The number of hydrogen-bond acceptors (Lipinski definition) is 2. The van der Waals surface area contributed by atoms with E-state index in [9.17, 15) is 13.2 Å². The van der Waals surface area contributed by atoms with Crippen LogP contribution in [0.25, 0.3) is 11.4 Å². The van der Waals surface area contributed by atoms with Gasteiger partial charge >= 0.3 is 6.18 Å². The molecular formula is C11H8ClF3N3. The highest BCUT2D eigenvalue weighted by molar-refractivity contribution is 6.30. The van der Waals surface area contributed by atoms with Crippen molar-refractivity contribution in [2.75, 3.05) is 0 Å². The van der Waals surface area contributed by atoms with Crippen LogP contribution in [0, 0.1) is 6.33 Å². The van der Waals surface area contributed by atoms with E-state index in [-0.39, 0.29) is 16.4 Å². The summed E-state index contributed by atoms with van der Waals surface area (Å²) in [5, 5.41) is 3.93. The van der Waals surface area contributed by atoms with Gasteiger partial charge in [0.05, 0.1) is 5.56 Å². The second-order valence-electron chi connectivity index (χ2n) is 3.54. The number of benzene rings is 1. The lowest BCUT2D eigenvalue weighted by molar-refractivity contribution is -0.137. The maximum absolute atomic E-state index is 12.9. The number of hydrogen-bond donors (Lipinski definition) is 0. The third-order valence-electron chi connectivity index (χ3n) is 2.31. The molecular weight excluding hydrogens is 267 g/mol. The molecule has 2 aromatic rings. The van der Waals surface area contributed by atoms with E-state index in [0.29, 0.717) is 6.54 Å². The van der Waals surface area contributed by atoms with Crippen molar-refractivity contribution in [2.45, 2.75) is 19.6 Å². The Balaban J connectivity index is 2.56. The minimum absolute atomic E-state index is 0.0131. The van der Waals surface area contributed by atoms with Crippen LogP contribution in [0.3, 0.4) is 0 Å². The summed E-state index contributed by atoms with van der Waals surface area (Å²) in [4.78, 5) is 3.74. The van der Waals surface area contributed by atoms with Gasteiger partial charge in [-0.1, -0.05) is 11.6 Å². The highest BCUT2D eigenvalue weighted by Crippen LogP contribution is 2.37. The average Bonchev–Trinajstić information content (AvgIpc) is 2.76. The topological polar surface area (TPSA) is 30.7 Å². The Labute approximate surface area is 106 Å². The molecule has 0 aliphatic carbocycles. The van der Waals surface area contributed by atoms with Gasteiger partial charge in [-0.2, -0.15) is 18.3 Å². The zero-order valence-electron chi connectivity index (χ0n) is 9.29. The van der Waals surface area contributed by atoms with Gasteiger partial charge in [0.2, 0.25) is 0 Å². The van der Waals surface area contributed by atoms with E-state index in [4.69, 9.17) is 11.6 Å². The first-order chi connectivity index (χ1) is 8.41. The summed E-state index contributed by atoms with van der Waals surface area (Å²) in [5.74, 6) is -0.0131. The van der Waals surface area contributed by atoms with Crippen LogP contribution in [0.2, 0.25) is 5.02 Å². The predicted molar refractivity (Wildman–Crippen MR) is 60.0 cm³/mol. The minimum Gasteiger partial charge on any atom is -0.243 e. The molecule has 0 saturated carbocycles. The molecule has 0 unspecified atom stereocenters. The first-order valence-corrected chi connectivity index (χ1v) is 5.49. The highest BCUT2D eigenvalue weighted by atomic mass is 35.5. The third-order valence-corrected chi connectivity index (χ3v) is 2.55. The number of aromatic nitrogens is 3. The van der Waals surface area contributed by atoms with E-state index in [0.717, 1.165) is 6.07 Å². The molecule has 0 amide bonds. The van der Waals surface area contributed by atoms with Crippen molar-refractivity contribution in [3.05, 3.63) is 35.1 Å². The summed E-state index contributed by atoms with van der Waals surface area (Å²) in [6.45, 7) is 2.28. The normalized spacial score (nSPS) is 11.8. The maximum atomic E-state index is 12.9. The molecule has 95 valence electrons.